The van der Waals surface area contributed by atoms with Crippen molar-refractivity contribution in [3.8, 4) is 0 Å². The Kier molecular flexibility index (Phi) is 3.08. The van der Waals surface area contributed by atoms with Crippen LogP contribution in [0.4, 0.5) is 0 Å². The van der Waals surface area contributed by atoms with Crippen LogP contribution in [-0.4, -0.2) is 50.0 Å². The highest BCUT2D eigenvalue weighted by Gasteiger charge is 2.21. The first-order valence-corrected chi connectivity index (χ1v) is 5.52. The van der Waals surface area contributed by atoms with Crippen molar-refractivity contribution in [2.45, 2.75) is 12.8 Å². The van der Waals surface area contributed by atoms with Crippen LogP contribution in [-0.2, 0) is 4.79 Å². The third-order valence-electron chi connectivity index (χ3n) is 2.75. The van der Waals surface area contributed by atoms with Gasteiger partial charge in [0.25, 0.3) is 0 Å². The van der Waals surface area contributed by atoms with Crippen molar-refractivity contribution in [3.05, 3.63) is 0 Å². The first-order valence-electron chi connectivity index (χ1n) is 5.52. The maximum atomic E-state index is 11.4. The number of likely N-dealkylation sites (N-methyl/N-ethyl adjacent to an activating group) is 1. The van der Waals surface area contributed by atoms with Crippen molar-refractivity contribution in [1.29, 1.82) is 0 Å². The molecule has 1 aliphatic carbocycles. The quantitative estimate of drug-likeness (QED) is 0.651. The number of nitrogens with one attached hydrogen (secondary N) is 2. The van der Waals surface area contributed by atoms with E-state index in [9.17, 15) is 4.79 Å². The first-order chi connectivity index (χ1) is 7.25. The Morgan fingerprint density at radius 1 is 1.60 bits per heavy atom. The van der Waals surface area contributed by atoms with E-state index < -0.39 is 0 Å². The molecule has 0 aromatic heterocycles. The molecule has 84 valence electrons. The maximum Gasteiger partial charge on any atom is 0.239 e. The van der Waals surface area contributed by atoms with Crippen molar-refractivity contribution in [1.82, 2.24) is 15.5 Å². The summed E-state index contributed by atoms with van der Waals surface area (Å²) in [5.74, 6) is 1.63. The van der Waals surface area contributed by atoms with Crippen LogP contribution in [0.25, 0.3) is 0 Å². The number of carbonyl (C=O) groups excluding carboxylic acids is 1. The minimum absolute atomic E-state index is 0.0601. The second kappa shape index (κ2) is 4.51. The molecule has 15 heavy (non-hydrogen) atoms. The number of hydrogen-bond donors (Lipinski definition) is 2. The highest BCUT2D eigenvalue weighted by Crippen LogP contribution is 2.27. The topological polar surface area (TPSA) is 56.7 Å². The van der Waals surface area contributed by atoms with Crippen LogP contribution in [0.1, 0.15) is 12.8 Å². The van der Waals surface area contributed by atoms with Gasteiger partial charge in [-0.3, -0.25) is 9.79 Å². The molecule has 2 rings (SSSR count). The van der Waals surface area contributed by atoms with E-state index in [1.807, 2.05) is 11.9 Å². The molecule has 0 spiro atoms. The van der Waals surface area contributed by atoms with Gasteiger partial charge in [-0.2, -0.15) is 0 Å². The Morgan fingerprint density at radius 3 is 3.00 bits per heavy atom. The normalized spacial score (nSPS) is 20.1. The molecule has 0 saturated heterocycles. The zero-order valence-corrected chi connectivity index (χ0v) is 9.12. The summed E-state index contributed by atoms with van der Waals surface area (Å²) in [6, 6.07) is 0. The molecule has 1 saturated carbocycles. The van der Waals surface area contributed by atoms with Gasteiger partial charge in [0, 0.05) is 20.1 Å². The van der Waals surface area contributed by atoms with Gasteiger partial charge < -0.3 is 15.5 Å². The zero-order valence-electron chi connectivity index (χ0n) is 9.12. The van der Waals surface area contributed by atoms with Crippen LogP contribution >= 0.6 is 0 Å². The minimum Gasteiger partial charge on any atom is -0.354 e. The van der Waals surface area contributed by atoms with Gasteiger partial charge in [0.1, 0.15) is 0 Å². The highest BCUT2D eigenvalue weighted by molar-refractivity contribution is 5.87. The molecule has 1 amide bonds. The summed E-state index contributed by atoms with van der Waals surface area (Å²) < 4.78 is 0. The van der Waals surface area contributed by atoms with Crippen LogP contribution in [0.5, 0.6) is 0 Å². The van der Waals surface area contributed by atoms with Crippen molar-refractivity contribution < 1.29 is 4.79 Å². The summed E-state index contributed by atoms with van der Waals surface area (Å²) in [6.45, 7) is 2.92. The Balaban J connectivity index is 1.61. The molecule has 0 radical (unpaired) electrons. The largest absolute Gasteiger partial charge is 0.354 e. The molecule has 1 heterocycles. The van der Waals surface area contributed by atoms with E-state index in [-0.39, 0.29) is 5.91 Å². The van der Waals surface area contributed by atoms with Gasteiger partial charge in [0.05, 0.1) is 13.1 Å². The Labute approximate surface area is 89.9 Å². The lowest BCUT2D eigenvalue weighted by atomic mass is 10.4. The molecule has 0 unspecified atom stereocenters. The summed E-state index contributed by atoms with van der Waals surface area (Å²) in [6.07, 6.45) is 2.53. The maximum absolute atomic E-state index is 11.4. The third-order valence-corrected chi connectivity index (χ3v) is 2.75. The number of aliphatic imine (C=N–C) groups is 1. The van der Waals surface area contributed by atoms with Gasteiger partial charge in [0.2, 0.25) is 5.91 Å². The SMILES string of the molecule is CN1CCN=C1NCC(=O)NCC1CC1. The number of hydrogen-bond acceptors (Lipinski definition) is 4. The first kappa shape index (κ1) is 10.3. The summed E-state index contributed by atoms with van der Waals surface area (Å²) >= 11 is 0. The monoisotopic (exact) mass is 210 g/mol. The average Bonchev–Trinajstić information content (AvgIpc) is 2.96. The van der Waals surface area contributed by atoms with Crippen molar-refractivity contribution >= 4 is 11.9 Å². The average molecular weight is 210 g/mol. The van der Waals surface area contributed by atoms with E-state index in [4.69, 9.17) is 0 Å². The van der Waals surface area contributed by atoms with E-state index in [1.54, 1.807) is 0 Å². The van der Waals surface area contributed by atoms with E-state index in [0.29, 0.717) is 6.54 Å². The molecule has 5 heteroatoms. The Hall–Kier alpha value is -1.26. The second-order valence-corrected chi connectivity index (χ2v) is 4.23. The second-order valence-electron chi connectivity index (χ2n) is 4.23. The highest BCUT2D eigenvalue weighted by atomic mass is 16.1. The molecule has 5 nitrogen and oxygen atoms in total. The number of guanidine groups is 1. The minimum atomic E-state index is 0.0601. The van der Waals surface area contributed by atoms with Crippen LogP contribution in [0, 0.1) is 5.92 Å². The molecule has 0 aromatic rings. The van der Waals surface area contributed by atoms with Gasteiger partial charge in [-0.1, -0.05) is 0 Å². The predicted molar refractivity (Wildman–Crippen MR) is 58.7 cm³/mol. The van der Waals surface area contributed by atoms with Crippen molar-refractivity contribution in [2.75, 3.05) is 33.2 Å². The number of amides is 1. The molecule has 0 bridgehead atoms. The molecule has 0 aromatic carbocycles. The fourth-order valence-corrected chi connectivity index (χ4v) is 1.53. The van der Waals surface area contributed by atoms with Crippen LogP contribution < -0.4 is 10.6 Å². The molecular weight excluding hydrogens is 192 g/mol. The number of rotatable bonds is 4. The molecule has 2 N–H and O–H groups in total. The van der Waals surface area contributed by atoms with Gasteiger partial charge in [-0.15, -0.1) is 0 Å². The van der Waals surface area contributed by atoms with Crippen LogP contribution in [0.3, 0.4) is 0 Å². The smallest absolute Gasteiger partial charge is 0.239 e. The van der Waals surface area contributed by atoms with Crippen LogP contribution in [0.2, 0.25) is 0 Å². The van der Waals surface area contributed by atoms with E-state index in [0.717, 1.165) is 31.5 Å². The van der Waals surface area contributed by atoms with Gasteiger partial charge in [0.15, 0.2) is 5.96 Å². The Morgan fingerprint density at radius 2 is 2.40 bits per heavy atom. The number of carbonyl (C=O) groups is 1. The summed E-state index contributed by atoms with van der Waals surface area (Å²) in [7, 11) is 1.97. The molecule has 1 fully saturated rings. The summed E-state index contributed by atoms with van der Waals surface area (Å²) in [4.78, 5) is 17.7. The lowest BCUT2D eigenvalue weighted by molar-refractivity contribution is -0.120. The van der Waals surface area contributed by atoms with E-state index in [2.05, 4.69) is 15.6 Å². The fourth-order valence-electron chi connectivity index (χ4n) is 1.53. The molecule has 0 atom stereocenters. The van der Waals surface area contributed by atoms with Crippen LogP contribution in [0.15, 0.2) is 4.99 Å². The number of nitrogens with zero attached hydrogens (tertiary/aromatic N) is 2. The van der Waals surface area contributed by atoms with Gasteiger partial charge >= 0.3 is 0 Å². The zero-order chi connectivity index (χ0) is 10.7. The Bertz CT molecular complexity index is 273. The standard InChI is InChI=1S/C10H18N4O/c1-14-5-4-11-10(14)13-7-9(15)12-6-8-2-3-8/h8H,2-7H2,1H3,(H,11,13)(H,12,15). The van der Waals surface area contributed by atoms with Crippen molar-refractivity contribution in [3.63, 3.8) is 0 Å². The molecular formula is C10H18N4O. The third kappa shape index (κ3) is 3.11. The molecule has 1 aliphatic heterocycles. The summed E-state index contributed by atoms with van der Waals surface area (Å²) in [5, 5.41) is 5.95. The predicted octanol–water partition coefficient (Wildman–Crippen LogP) is -0.596. The lowest BCUT2D eigenvalue weighted by Crippen LogP contribution is -2.42. The van der Waals surface area contributed by atoms with Crippen molar-refractivity contribution in [2.24, 2.45) is 10.9 Å². The van der Waals surface area contributed by atoms with Gasteiger partial charge in [-0.05, 0) is 18.8 Å². The van der Waals surface area contributed by atoms with E-state index in [1.165, 1.54) is 12.8 Å². The molecule has 2 aliphatic rings. The summed E-state index contributed by atoms with van der Waals surface area (Å²) in [5.41, 5.74) is 0. The van der Waals surface area contributed by atoms with E-state index >= 15 is 0 Å². The van der Waals surface area contributed by atoms with Gasteiger partial charge in [-0.25, -0.2) is 0 Å². The fraction of sp³-hybridized carbons (Fsp3) is 0.800. The lowest BCUT2D eigenvalue weighted by Gasteiger charge is -2.14.